The summed E-state index contributed by atoms with van der Waals surface area (Å²) < 4.78 is 0. The second-order valence-electron chi connectivity index (χ2n) is 4.51. The Morgan fingerprint density at radius 3 is 2.15 bits per heavy atom. The molecule has 2 atom stereocenters. The molecule has 0 heterocycles. The molecule has 2 heteroatoms. The molecule has 0 bridgehead atoms. The largest absolute Gasteiger partial charge is 0.326 e. The monoisotopic (exact) mass is 186 g/mol. The Balaban J connectivity index is 3.85. The summed E-state index contributed by atoms with van der Waals surface area (Å²) in [5, 5.41) is 0. The van der Waals surface area contributed by atoms with E-state index >= 15 is 0 Å². The maximum atomic E-state index is 6.11. The zero-order valence-corrected chi connectivity index (χ0v) is 9.88. The van der Waals surface area contributed by atoms with E-state index in [4.69, 9.17) is 5.73 Å². The highest BCUT2D eigenvalue weighted by atomic mass is 15.1. The molecule has 0 amide bonds. The summed E-state index contributed by atoms with van der Waals surface area (Å²) in [5.74, 6) is 0.701. The van der Waals surface area contributed by atoms with E-state index in [1.807, 2.05) is 0 Å². The van der Waals surface area contributed by atoms with E-state index < -0.39 is 0 Å². The van der Waals surface area contributed by atoms with Crippen molar-refractivity contribution < 1.29 is 0 Å². The van der Waals surface area contributed by atoms with Crippen molar-refractivity contribution in [3.05, 3.63) is 0 Å². The molecule has 0 radical (unpaired) electrons. The summed E-state index contributed by atoms with van der Waals surface area (Å²) in [4.78, 5) is 2.35. The van der Waals surface area contributed by atoms with Crippen molar-refractivity contribution in [2.24, 2.45) is 11.7 Å². The maximum Gasteiger partial charge on any atom is 0.0215 e. The van der Waals surface area contributed by atoms with Crippen molar-refractivity contribution in [2.45, 2.75) is 52.6 Å². The second-order valence-corrected chi connectivity index (χ2v) is 4.51. The van der Waals surface area contributed by atoms with E-state index in [2.05, 4.69) is 39.6 Å². The summed E-state index contributed by atoms with van der Waals surface area (Å²) in [6, 6.07) is 0.818. The van der Waals surface area contributed by atoms with Crippen LogP contribution in [0.5, 0.6) is 0 Å². The molecule has 0 saturated heterocycles. The van der Waals surface area contributed by atoms with Gasteiger partial charge in [-0.15, -0.1) is 0 Å². The van der Waals surface area contributed by atoms with Crippen molar-refractivity contribution in [2.75, 3.05) is 13.6 Å². The number of hydrogen-bond acceptors (Lipinski definition) is 2. The van der Waals surface area contributed by atoms with Crippen molar-refractivity contribution in [1.82, 2.24) is 4.90 Å². The molecule has 0 saturated carbocycles. The number of hydrogen-bond donors (Lipinski definition) is 1. The Hall–Kier alpha value is -0.0800. The Labute approximate surface area is 83.5 Å². The zero-order chi connectivity index (χ0) is 10.4. The molecule has 2 nitrogen and oxygen atoms in total. The van der Waals surface area contributed by atoms with Gasteiger partial charge in [-0.25, -0.2) is 0 Å². The number of rotatable bonds is 6. The average molecular weight is 186 g/mol. The number of nitrogens with two attached hydrogens (primary N) is 1. The van der Waals surface area contributed by atoms with Crippen LogP contribution in [0.25, 0.3) is 0 Å². The minimum absolute atomic E-state index is 0.316. The zero-order valence-electron chi connectivity index (χ0n) is 9.88. The molecule has 0 rings (SSSR count). The molecular formula is C11H26N2. The third kappa shape index (κ3) is 5.27. The van der Waals surface area contributed by atoms with E-state index in [9.17, 15) is 0 Å². The number of nitrogens with zero attached hydrogens (tertiary/aromatic N) is 1. The predicted molar refractivity (Wildman–Crippen MR) is 59.8 cm³/mol. The fraction of sp³-hybridized carbons (Fsp3) is 1.00. The van der Waals surface area contributed by atoms with Crippen LogP contribution in [0.15, 0.2) is 0 Å². The minimum Gasteiger partial charge on any atom is -0.326 e. The fourth-order valence-corrected chi connectivity index (χ4v) is 1.62. The van der Waals surface area contributed by atoms with Crippen LogP contribution in [0, 0.1) is 5.92 Å². The van der Waals surface area contributed by atoms with Gasteiger partial charge in [0.25, 0.3) is 0 Å². The summed E-state index contributed by atoms with van der Waals surface area (Å²) in [5.41, 5.74) is 6.11. The molecule has 0 aromatic carbocycles. The minimum atomic E-state index is 0.316. The van der Waals surface area contributed by atoms with Gasteiger partial charge in [0, 0.05) is 12.1 Å². The van der Waals surface area contributed by atoms with E-state index in [0.717, 1.165) is 13.0 Å². The maximum absolute atomic E-state index is 6.11. The van der Waals surface area contributed by atoms with Crippen molar-refractivity contribution in [3.8, 4) is 0 Å². The van der Waals surface area contributed by atoms with Gasteiger partial charge in [0.1, 0.15) is 0 Å². The van der Waals surface area contributed by atoms with Crippen LogP contribution in [0.1, 0.15) is 40.5 Å². The molecule has 80 valence electrons. The molecule has 2 unspecified atom stereocenters. The molecule has 0 aromatic rings. The van der Waals surface area contributed by atoms with Crippen molar-refractivity contribution in [1.29, 1.82) is 0 Å². The molecule has 0 aliphatic heterocycles. The molecule has 0 aromatic heterocycles. The predicted octanol–water partition coefficient (Wildman–Crippen LogP) is 2.09. The molecule has 2 N–H and O–H groups in total. The summed E-state index contributed by atoms with van der Waals surface area (Å²) in [6.07, 6.45) is 2.32. The quantitative estimate of drug-likeness (QED) is 0.688. The van der Waals surface area contributed by atoms with E-state index in [-0.39, 0.29) is 0 Å². The second kappa shape index (κ2) is 6.39. The van der Waals surface area contributed by atoms with E-state index in [0.29, 0.717) is 18.0 Å². The van der Waals surface area contributed by atoms with Gasteiger partial charge in [-0.05, 0) is 39.3 Å². The lowest BCUT2D eigenvalue weighted by Gasteiger charge is -2.30. The van der Waals surface area contributed by atoms with Gasteiger partial charge in [-0.2, -0.15) is 0 Å². The lowest BCUT2D eigenvalue weighted by Crippen LogP contribution is -2.44. The van der Waals surface area contributed by atoms with Gasteiger partial charge in [0.05, 0.1) is 0 Å². The summed E-state index contributed by atoms with van der Waals surface area (Å²) in [7, 11) is 2.16. The third-order valence-corrected chi connectivity index (χ3v) is 2.63. The van der Waals surface area contributed by atoms with Crippen LogP contribution in [-0.2, 0) is 0 Å². The molecule has 0 fully saturated rings. The van der Waals surface area contributed by atoms with E-state index in [1.165, 1.54) is 6.42 Å². The standard InChI is InChI=1S/C11H26N2/c1-6-7-13(5)10(4)11(12)8-9(2)3/h9-11H,6-8,12H2,1-5H3. The van der Waals surface area contributed by atoms with Gasteiger partial charge in [0.2, 0.25) is 0 Å². The first-order valence-electron chi connectivity index (χ1n) is 5.44. The normalized spacial score (nSPS) is 16.6. The first kappa shape index (κ1) is 12.9. The Morgan fingerprint density at radius 1 is 1.23 bits per heavy atom. The first-order valence-corrected chi connectivity index (χ1v) is 5.44. The van der Waals surface area contributed by atoms with Crippen LogP contribution >= 0.6 is 0 Å². The molecule has 0 spiro atoms. The van der Waals surface area contributed by atoms with Crippen LogP contribution in [0.3, 0.4) is 0 Å². The fourth-order valence-electron chi connectivity index (χ4n) is 1.62. The molecule has 13 heavy (non-hydrogen) atoms. The summed E-state index contributed by atoms with van der Waals surface area (Å²) >= 11 is 0. The van der Waals surface area contributed by atoms with Gasteiger partial charge < -0.3 is 10.6 Å². The number of likely N-dealkylation sites (N-methyl/N-ethyl adjacent to an activating group) is 1. The van der Waals surface area contributed by atoms with Crippen LogP contribution in [0.4, 0.5) is 0 Å². The van der Waals surface area contributed by atoms with E-state index in [1.54, 1.807) is 0 Å². The lowest BCUT2D eigenvalue weighted by molar-refractivity contribution is 0.213. The third-order valence-electron chi connectivity index (χ3n) is 2.63. The van der Waals surface area contributed by atoms with Crippen LogP contribution < -0.4 is 5.73 Å². The lowest BCUT2D eigenvalue weighted by atomic mass is 9.98. The smallest absolute Gasteiger partial charge is 0.0215 e. The molecule has 0 aliphatic rings. The van der Waals surface area contributed by atoms with Crippen molar-refractivity contribution >= 4 is 0 Å². The van der Waals surface area contributed by atoms with Gasteiger partial charge in [-0.3, -0.25) is 0 Å². The highest BCUT2D eigenvalue weighted by molar-refractivity contribution is 4.77. The van der Waals surface area contributed by atoms with Gasteiger partial charge >= 0.3 is 0 Å². The highest BCUT2D eigenvalue weighted by Crippen LogP contribution is 2.09. The van der Waals surface area contributed by atoms with Crippen molar-refractivity contribution in [3.63, 3.8) is 0 Å². The van der Waals surface area contributed by atoms with Gasteiger partial charge in [-0.1, -0.05) is 20.8 Å². The molecular weight excluding hydrogens is 160 g/mol. The highest BCUT2D eigenvalue weighted by Gasteiger charge is 2.17. The Morgan fingerprint density at radius 2 is 1.77 bits per heavy atom. The SMILES string of the molecule is CCCN(C)C(C)C(N)CC(C)C. The topological polar surface area (TPSA) is 29.3 Å². The molecule has 0 aliphatic carbocycles. The van der Waals surface area contributed by atoms with Crippen LogP contribution in [0.2, 0.25) is 0 Å². The Kier molecular flexibility index (Phi) is 6.35. The average Bonchev–Trinajstić information content (AvgIpc) is 2.02. The Bertz CT molecular complexity index is 123. The first-order chi connectivity index (χ1) is 5.99. The summed E-state index contributed by atoms with van der Waals surface area (Å²) in [6.45, 7) is 10.0. The van der Waals surface area contributed by atoms with Gasteiger partial charge in [0.15, 0.2) is 0 Å². The van der Waals surface area contributed by atoms with Crippen LogP contribution in [-0.4, -0.2) is 30.6 Å².